The second-order valence-corrected chi connectivity index (χ2v) is 19.5. The largest absolute Gasteiger partial charge is 0.414 e. The summed E-state index contributed by atoms with van der Waals surface area (Å²) in [5, 5.41) is 0. The fourth-order valence-corrected chi connectivity index (χ4v) is 12.4. The Kier molecular flexibility index (Phi) is 5.25. The molecule has 1 spiro atoms. The van der Waals surface area contributed by atoms with E-state index in [1.807, 2.05) is 5.57 Å². The van der Waals surface area contributed by atoms with Gasteiger partial charge >= 0.3 is 0 Å². The fourth-order valence-electron chi connectivity index (χ4n) is 7.99. The van der Waals surface area contributed by atoms with Crippen LogP contribution in [0.4, 0.5) is 0 Å². The molecule has 1 saturated heterocycles. The van der Waals surface area contributed by atoms with Gasteiger partial charge in [0, 0.05) is 11.5 Å². The lowest BCUT2D eigenvalue weighted by atomic mass is 9.48. The van der Waals surface area contributed by atoms with E-state index in [-0.39, 0.29) is 0 Å². The van der Waals surface area contributed by atoms with E-state index in [0.717, 1.165) is 29.6 Å². The summed E-state index contributed by atoms with van der Waals surface area (Å²) in [6.45, 7) is 17.0. The van der Waals surface area contributed by atoms with Crippen LogP contribution in [0.2, 0.25) is 19.6 Å². The Morgan fingerprint density at radius 1 is 1.14 bits per heavy atom. The molecule has 3 saturated carbocycles. The van der Waals surface area contributed by atoms with Gasteiger partial charge in [0.15, 0.2) is 8.32 Å². The van der Waals surface area contributed by atoms with Gasteiger partial charge in [0.1, 0.15) is 0 Å². The summed E-state index contributed by atoms with van der Waals surface area (Å²) in [5.74, 6) is 6.67. The minimum atomic E-state index is -1.52. The molecule has 0 aromatic carbocycles. The Morgan fingerprint density at radius 2 is 1.86 bits per heavy atom. The van der Waals surface area contributed by atoms with Crippen molar-refractivity contribution in [2.45, 2.75) is 82.2 Å². The number of fused-ring (bicyclic) bond motifs is 5. The Hall–Kier alpha value is 0.357. The van der Waals surface area contributed by atoms with E-state index >= 15 is 0 Å². The summed E-state index contributed by atoms with van der Waals surface area (Å²) in [4.78, 5) is 0. The molecule has 0 N–H and O–H groups in total. The lowest BCUT2D eigenvalue weighted by Gasteiger charge is -2.58. The van der Waals surface area contributed by atoms with E-state index < -0.39 is 8.32 Å². The van der Waals surface area contributed by atoms with Gasteiger partial charge in [-0.3, -0.25) is 0 Å². The van der Waals surface area contributed by atoms with Gasteiger partial charge in [-0.05, 0) is 93.2 Å². The van der Waals surface area contributed by atoms with Gasteiger partial charge in [-0.15, -0.1) is 23.5 Å². The Morgan fingerprint density at radius 3 is 2.55 bits per heavy atom. The minimum Gasteiger partial charge on any atom is -0.414 e. The van der Waals surface area contributed by atoms with Crippen molar-refractivity contribution in [3.05, 3.63) is 23.8 Å². The van der Waals surface area contributed by atoms with Crippen molar-refractivity contribution in [3.8, 4) is 0 Å². The van der Waals surface area contributed by atoms with Crippen LogP contribution in [-0.2, 0) is 4.43 Å². The summed E-state index contributed by atoms with van der Waals surface area (Å²) in [6, 6.07) is 0. The molecule has 5 rings (SSSR count). The van der Waals surface area contributed by atoms with Crippen LogP contribution in [0.5, 0.6) is 0 Å². The van der Waals surface area contributed by atoms with E-state index in [1.54, 1.807) is 5.57 Å². The van der Waals surface area contributed by atoms with Crippen LogP contribution in [-0.4, -0.2) is 30.0 Å². The van der Waals surface area contributed by atoms with Gasteiger partial charge in [0.25, 0.3) is 0 Å². The van der Waals surface area contributed by atoms with Gasteiger partial charge in [-0.1, -0.05) is 37.6 Å². The van der Waals surface area contributed by atoms with Crippen LogP contribution in [0.15, 0.2) is 23.8 Å². The van der Waals surface area contributed by atoms with E-state index in [2.05, 4.69) is 63.1 Å². The lowest BCUT2D eigenvalue weighted by Crippen LogP contribution is -2.52. The van der Waals surface area contributed by atoms with Crippen molar-refractivity contribution in [2.24, 2.45) is 35.0 Å². The predicted octanol–water partition coefficient (Wildman–Crippen LogP) is 7.37. The maximum absolute atomic E-state index is 6.79. The highest BCUT2D eigenvalue weighted by atomic mass is 32.2. The second kappa shape index (κ2) is 7.18. The maximum Gasteiger partial charge on any atom is 0.184 e. The quantitative estimate of drug-likeness (QED) is 0.322. The molecule has 1 aliphatic heterocycles. The van der Waals surface area contributed by atoms with Crippen LogP contribution in [0.25, 0.3) is 0 Å². The molecule has 0 amide bonds. The van der Waals surface area contributed by atoms with Crippen LogP contribution in [0.3, 0.4) is 0 Å². The van der Waals surface area contributed by atoms with Gasteiger partial charge in [-0.25, -0.2) is 0 Å². The maximum atomic E-state index is 6.79. The van der Waals surface area contributed by atoms with E-state index in [1.165, 1.54) is 50.0 Å². The molecule has 5 aliphatic rings. The zero-order valence-corrected chi connectivity index (χ0v) is 21.8. The molecule has 1 nitrogen and oxygen atoms in total. The summed E-state index contributed by atoms with van der Waals surface area (Å²) in [5.41, 5.74) is 3.70. The highest BCUT2D eigenvalue weighted by Gasteiger charge is 2.60. The fraction of sp³-hybridized carbons (Fsp3) is 0.840. The summed E-state index contributed by atoms with van der Waals surface area (Å²) in [6.07, 6.45) is 11.2. The molecule has 29 heavy (non-hydrogen) atoms. The van der Waals surface area contributed by atoms with Gasteiger partial charge in [-0.2, -0.15) is 0 Å². The highest BCUT2D eigenvalue weighted by Crippen LogP contribution is 2.66. The van der Waals surface area contributed by atoms with E-state index in [4.69, 9.17) is 11.0 Å². The number of hydrogen-bond acceptors (Lipinski definition) is 3. The van der Waals surface area contributed by atoms with Crippen LogP contribution >= 0.6 is 23.5 Å². The van der Waals surface area contributed by atoms with Crippen LogP contribution < -0.4 is 0 Å². The summed E-state index contributed by atoms with van der Waals surface area (Å²) < 4.78 is 7.21. The Balaban J connectivity index is 1.45. The standard InChI is InChI=1S/C25H40OS2Si/c1-16-13-18-15-25(27-11-12-28-25)10-9-19(18)22-17(2)14-24(3)20(23(16)22)7-8-21(24)26-29(4,5)6/h15-16,19-23H,2,7-14H2,1,3-6H3/t16?,19?,20?,21-,22?,23?,24-/m0/s1. The third-order valence-corrected chi connectivity index (χ3v) is 13.3. The molecule has 1 heterocycles. The smallest absolute Gasteiger partial charge is 0.184 e. The molecule has 0 radical (unpaired) electrons. The average Bonchev–Trinajstić information content (AvgIpc) is 3.18. The molecule has 0 aromatic heterocycles. The third kappa shape index (κ3) is 3.47. The SMILES string of the molecule is C=C1C[C@@]2(C)C(CC[C@@H]2O[Si](C)(C)C)C2C(C)CC3=CC4(CCC3C12)SCCS4. The average molecular weight is 449 g/mol. The minimum absolute atomic E-state index is 0.320. The Labute approximate surface area is 188 Å². The predicted molar refractivity (Wildman–Crippen MR) is 132 cm³/mol. The van der Waals surface area contributed by atoms with E-state index in [0.29, 0.717) is 15.6 Å². The molecular formula is C25H40OS2Si. The number of rotatable bonds is 2. The summed E-state index contributed by atoms with van der Waals surface area (Å²) in [7, 11) is -1.52. The van der Waals surface area contributed by atoms with Gasteiger partial charge in [0.2, 0.25) is 0 Å². The lowest BCUT2D eigenvalue weighted by molar-refractivity contribution is -0.0371. The first kappa shape index (κ1) is 21.2. The molecule has 5 unspecified atom stereocenters. The molecule has 4 fully saturated rings. The first-order valence-corrected chi connectivity index (χ1v) is 17.3. The molecule has 0 bridgehead atoms. The van der Waals surface area contributed by atoms with Crippen molar-refractivity contribution in [2.75, 3.05) is 11.5 Å². The monoisotopic (exact) mass is 448 g/mol. The molecule has 162 valence electrons. The Bertz CT molecular complexity index is 719. The molecule has 4 aliphatic carbocycles. The van der Waals surface area contributed by atoms with Gasteiger partial charge in [0.05, 0.1) is 10.2 Å². The number of thioether (sulfide) groups is 2. The number of allylic oxidation sites excluding steroid dienone is 2. The van der Waals surface area contributed by atoms with Crippen molar-refractivity contribution in [1.29, 1.82) is 0 Å². The topological polar surface area (TPSA) is 9.23 Å². The van der Waals surface area contributed by atoms with Crippen LogP contribution in [0, 0.1) is 35.0 Å². The molecular weight excluding hydrogens is 408 g/mol. The normalized spacial score (nSPS) is 46.2. The molecule has 0 aromatic rings. The third-order valence-electron chi connectivity index (χ3n) is 8.89. The first-order valence-electron chi connectivity index (χ1n) is 12.0. The first-order chi connectivity index (χ1) is 13.6. The van der Waals surface area contributed by atoms with Crippen molar-refractivity contribution in [1.82, 2.24) is 0 Å². The van der Waals surface area contributed by atoms with Crippen molar-refractivity contribution >= 4 is 31.8 Å². The molecule has 7 atom stereocenters. The second-order valence-electron chi connectivity index (χ2n) is 11.9. The summed E-state index contributed by atoms with van der Waals surface area (Å²) >= 11 is 4.45. The molecule has 4 heteroatoms. The van der Waals surface area contributed by atoms with Gasteiger partial charge < -0.3 is 4.43 Å². The van der Waals surface area contributed by atoms with Crippen molar-refractivity contribution < 1.29 is 4.43 Å². The highest BCUT2D eigenvalue weighted by molar-refractivity contribution is 8.21. The number of hydrogen-bond donors (Lipinski definition) is 0. The van der Waals surface area contributed by atoms with Crippen LogP contribution in [0.1, 0.15) is 52.4 Å². The zero-order valence-electron chi connectivity index (χ0n) is 19.1. The van der Waals surface area contributed by atoms with Crippen molar-refractivity contribution in [3.63, 3.8) is 0 Å². The van der Waals surface area contributed by atoms with E-state index in [9.17, 15) is 0 Å². The zero-order chi connectivity index (χ0) is 20.6.